The predicted molar refractivity (Wildman–Crippen MR) is 113 cm³/mol. The lowest BCUT2D eigenvalue weighted by Gasteiger charge is -2.44. The van der Waals surface area contributed by atoms with Gasteiger partial charge in [0.05, 0.1) is 6.42 Å². The maximum atomic E-state index is 12.7. The average molecular weight is 445 g/mol. The second-order valence-corrected chi connectivity index (χ2v) is 7.55. The summed E-state index contributed by atoms with van der Waals surface area (Å²) in [6, 6.07) is 11.9. The second-order valence-electron chi connectivity index (χ2n) is 7.55. The van der Waals surface area contributed by atoms with Crippen LogP contribution in [-0.4, -0.2) is 56.1 Å². The molecule has 11 nitrogen and oxygen atoms in total. The summed E-state index contributed by atoms with van der Waals surface area (Å²) in [4.78, 5) is 60.6. The van der Waals surface area contributed by atoms with E-state index in [2.05, 4.69) is 5.32 Å². The third-order valence-corrected chi connectivity index (χ3v) is 5.27. The second kappa shape index (κ2) is 9.02. The average Bonchev–Trinajstić information content (AvgIpc) is 2.70. The number of carbonyl (C=O) groups excluding carboxylic acids is 2. The number of nitrogens with one attached hydrogen (secondary N) is 2. The third-order valence-electron chi connectivity index (χ3n) is 5.27. The van der Waals surface area contributed by atoms with Crippen molar-refractivity contribution in [2.24, 2.45) is 11.7 Å². The molecule has 0 aliphatic rings. The topological polar surface area (TPSA) is 196 Å². The van der Waals surface area contributed by atoms with Gasteiger partial charge in [0.25, 0.3) is 0 Å². The molecule has 2 amide bonds. The highest BCUT2D eigenvalue weighted by Crippen LogP contribution is 2.32. The fraction of sp³-hybridized carbons (Fsp3) is 0.286. The molecule has 0 aliphatic carbocycles. The van der Waals surface area contributed by atoms with Crippen molar-refractivity contribution < 1.29 is 39.3 Å². The van der Waals surface area contributed by atoms with E-state index in [-0.39, 0.29) is 5.69 Å². The van der Waals surface area contributed by atoms with Crippen LogP contribution in [0.25, 0.3) is 10.8 Å². The Bertz CT molecular complexity index is 1090. The van der Waals surface area contributed by atoms with Crippen molar-refractivity contribution in [2.75, 3.05) is 5.32 Å². The summed E-state index contributed by atoms with van der Waals surface area (Å²) in [5.41, 5.74) is 0.272. The van der Waals surface area contributed by atoms with E-state index >= 15 is 0 Å². The standard InChI is InChI=1S/C21H23N3O8/c1-11(2)21(19(31)32,20(22,18(29)30)10-15(25)26)24-17(28)16(27)23-14-9-5-7-12-6-3-4-8-13(12)14/h3-9,11H,10,22H2,1-2H3,(H,23,27)(H,24,28)(H,25,26)(H,29,30)(H,31,32). The van der Waals surface area contributed by atoms with E-state index in [0.717, 1.165) is 5.39 Å². The first-order chi connectivity index (χ1) is 14.9. The number of fused-ring (bicyclic) bond motifs is 1. The minimum absolute atomic E-state index is 0.261. The van der Waals surface area contributed by atoms with E-state index in [9.17, 15) is 34.2 Å². The molecule has 32 heavy (non-hydrogen) atoms. The van der Waals surface area contributed by atoms with Crippen LogP contribution in [0.3, 0.4) is 0 Å². The molecule has 2 aromatic carbocycles. The van der Waals surface area contributed by atoms with E-state index in [1.54, 1.807) is 36.4 Å². The zero-order valence-corrected chi connectivity index (χ0v) is 17.3. The van der Waals surface area contributed by atoms with Gasteiger partial charge in [-0.1, -0.05) is 50.2 Å². The molecule has 2 rings (SSSR count). The van der Waals surface area contributed by atoms with Gasteiger partial charge in [0, 0.05) is 11.1 Å². The number of benzene rings is 2. The van der Waals surface area contributed by atoms with Crippen LogP contribution in [0, 0.1) is 5.92 Å². The number of nitrogens with two attached hydrogens (primary N) is 1. The summed E-state index contributed by atoms with van der Waals surface area (Å²) in [6.07, 6.45) is -1.32. The molecule has 0 radical (unpaired) electrons. The number of carboxylic acid groups (broad SMARTS) is 3. The van der Waals surface area contributed by atoms with Gasteiger partial charge in [-0.3, -0.25) is 19.2 Å². The summed E-state index contributed by atoms with van der Waals surface area (Å²) in [6.45, 7) is 2.48. The molecule has 0 saturated carbocycles. The van der Waals surface area contributed by atoms with Gasteiger partial charge < -0.3 is 31.7 Å². The van der Waals surface area contributed by atoms with Crippen molar-refractivity contribution >= 4 is 46.2 Å². The molecule has 0 fully saturated rings. The lowest BCUT2D eigenvalue weighted by atomic mass is 9.68. The highest BCUT2D eigenvalue weighted by atomic mass is 16.4. The van der Waals surface area contributed by atoms with E-state index < -0.39 is 53.1 Å². The highest BCUT2D eigenvalue weighted by molar-refractivity contribution is 6.40. The fourth-order valence-electron chi connectivity index (χ4n) is 3.63. The molecule has 11 heteroatoms. The number of rotatable bonds is 8. The van der Waals surface area contributed by atoms with Gasteiger partial charge in [-0.2, -0.15) is 0 Å². The molecule has 2 unspecified atom stereocenters. The molecule has 0 bridgehead atoms. The Labute approximate surface area is 182 Å². The summed E-state index contributed by atoms with van der Waals surface area (Å²) in [7, 11) is 0. The van der Waals surface area contributed by atoms with E-state index in [0.29, 0.717) is 5.39 Å². The van der Waals surface area contributed by atoms with Crippen molar-refractivity contribution in [3.05, 3.63) is 42.5 Å². The lowest BCUT2D eigenvalue weighted by Crippen LogP contribution is -2.79. The van der Waals surface area contributed by atoms with Crippen LogP contribution < -0.4 is 16.4 Å². The van der Waals surface area contributed by atoms with Crippen molar-refractivity contribution in [2.45, 2.75) is 31.3 Å². The number of aliphatic carboxylic acids is 3. The van der Waals surface area contributed by atoms with E-state index in [1.807, 2.05) is 5.32 Å². The minimum Gasteiger partial charge on any atom is -0.481 e. The summed E-state index contributed by atoms with van der Waals surface area (Å²) < 4.78 is 0. The maximum absolute atomic E-state index is 12.7. The predicted octanol–water partition coefficient (Wildman–Crippen LogP) is 0.631. The van der Waals surface area contributed by atoms with Gasteiger partial charge in [0.15, 0.2) is 11.1 Å². The molecule has 7 N–H and O–H groups in total. The maximum Gasteiger partial charge on any atom is 0.332 e. The lowest BCUT2D eigenvalue weighted by molar-refractivity contribution is -0.167. The Morgan fingerprint density at radius 2 is 1.50 bits per heavy atom. The summed E-state index contributed by atoms with van der Waals surface area (Å²) in [5, 5.41) is 34.3. The Morgan fingerprint density at radius 1 is 0.906 bits per heavy atom. The van der Waals surface area contributed by atoms with Crippen molar-refractivity contribution in [1.82, 2.24) is 5.32 Å². The molecular weight excluding hydrogens is 422 g/mol. The molecule has 0 spiro atoms. The van der Waals surface area contributed by atoms with E-state index in [1.165, 1.54) is 19.9 Å². The number of anilines is 1. The molecule has 0 aliphatic heterocycles. The van der Waals surface area contributed by atoms with Crippen LogP contribution in [0.15, 0.2) is 42.5 Å². The van der Waals surface area contributed by atoms with Crippen LogP contribution in [-0.2, 0) is 24.0 Å². The van der Waals surface area contributed by atoms with E-state index in [4.69, 9.17) is 10.8 Å². The molecule has 2 aromatic rings. The summed E-state index contributed by atoms with van der Waals surface area (Å²) >= 11 is 0. The van der Waals surface area contributed by atoms with Crippen LogP contribution in [0.4, 0.5) is 5.69 Å². The third kappa shape index (κ3) is 4.23. The number of carbonyl (C=O) groups is 5. The van der Waals surface area contributed by atoms with Gasteiger partial charge in [0.2, 0.25) is 0 Å². The highest BCUT2D eigenvalue weighted by Gasteiger charge is 2.63. The molecule has 0 aromatic heterocycles. The Morgan fingerprint density at radius 3 is 2.03 bits per heavy atom. The SMILES string of the molecule is CC(C)C(NC(=O)C(=O)Nc1cccc2ccccc12)(C(=O)O)C(N)(CC(=O)O)C(=O)O. The molecule has 0 heterocycles. The van der Waals surface area contributed by atoms with Gasteiger partial charge in [0.1, 0.15) is 0 Å². The van der Waals surface area contributed by atoms with Gasteiger partial charge in [-0.15, -0.1) is 0 Å². The molecule has 0 saturated heterocycles. The van der Waals surface area contributed by atoms with Gasteiger partial charge >= 0.3 is 29.7 Å². The zero-order valence-electron chi connectivity index (χ0n) is 17.3. The molecule has 2 atom stereocenters. The summed E-state index contributed by atoms with van der Waals surface area (Å²) in [5.74, 6) is -9.55. The number of amides is 2. The smallest absolute Gasteiger partial charge is 0.332 e. The minimum atomic E-state index is -2.96. The van der Waals surface area contributed by atoms with Crippen LogP contribution in [0.2, 0.25) is 0 Å². The van der Waals surface area contributed by atoms with Gasteiger partial charge in [-0.25, -0.2) is 4.79 Å². The zero-order chi connectivity index (χ0) is 24.3. The Kier molecular flexibility index (Phi) is 6.84. The largest absolute Gasteiger partial charge is 0.481 e. The van der Waals surface area contributed by atoms with Crippen LogP contribution in [0.1, 0.15) is 20.3 Å². The number of hydrogen-bond acceptors (Lipinski definition) is 6. The quantitative estimate of drug-likeness (QED) is 0.316. The first kappa shape index (κ1) is 24.3. The van der Waals surface area contributed by atoms with Crippen molar-refractivity contribution in [3.8, 4) is 0 Å². The number of carboxylic acids is 3. The Hall–Kier alpha value is -3.99. The normalized spacial score (nSPS) is 14.8. The Balaban J connectivity index is 2.46. The van der Waals surface area contributed by atoms with Crippen LogP contribution in [0.5, 0.6) is 0 Å². The first-order valence-corrected chi connectivity index (χ1v) is 9.45. The van der Waals surface area contributed by atoms with Crippen molar-refractivity contribution in [1.29, 1.82) is 0 Å². The monoisotopic (exact) mass is 445 g/mol. The van der Waals surface area contributed by atoms with Crippen LogP contribution >= 0.6 is 0 Å². The fourth-order valence-corrected chi connectivity index (χ4v) is 3.63. The first-order valence-electron chi connectivity index (χ1n) is 9.45. The number of hydrogen-bond donors (Lipinski definition) is 6. The van der Waals surface area contributed by atoms with Crippen molar-refractivity contribution in [3.63, 3.8) is 0 Å². The molecule has 170 valence electrons. The van der Waals surface area contributed by atoms with Gasteiger partial charge in [-0.05, 0) is 17.4 Å². The molecular formula is C21H23N3O8.